The average Bonchev–Trinajstić information content (AvgIpc) is 2.90. The number of carbonyl (C=O) groups is 2. The van der Waals surface area contributed by atoms with Gasteiger partial charge in [0.15, 0.2) is 0 Å². The molecule has 0 aromatic heterocycles. The molecule has 2 atom stereocenters. The smallest absolute Gasteiger partial charge is 0.328 e. The first-order valence-electron chi connectivity index (χ1n) is 7.14. The van der Waals surface area contributed by atoms with Gasteiger partial charge in [-0.05, 0) is 31.4 Å². The second-order valence-corrected chi connectivity index (χ2v) is 5.14. The Labute approximate surface area is 119 Å². The molecule has 0 bridgehead atoms. The van der Waals surface area contributed by atoms with Crippen molar-refractivity contribution in [1.82, 2.24) is 4.90 Å². The summed E-state index contributed by atoms with van der Waals surface area (Å²) in [6.07, 6.45) is 3.48. The van der Waals surface area contributed by atoms with Crippen LogP contribution in [-0.4, -0.2) is 36.0 Å². The number of hydrogen-bond acceptors (Lipinski definition) is 3. The monoisotopic (exact) mass is 275 g/mol. The van der Waals surface area contributed by atoms with Crippen LogP contribution in [0.2, 0.25) is 0 Å². The van der Waals surface area contributed by atoms with Crippen molar-refractivity contribution in [3.05, 3.63) is 35.9 Å². The summed E-state index contributed by atoms with van der Waals surface area (Å²) >= 11 is 0. The van der Waals surface area contributed by atoms with Crippen LogP contribution in [0, 0.1) is 0 Å². The Hall–Kier alpha value is -1.84. The minimum absolute atomic E-state index is 0.0723. The molecule has 1 aromatic carbocycles. The molecule has 1 fully saturated rings. The summed E-state index contributed by atoms with van der Waals surface area (Å²) in [5.74, 6) is -0.384. The van der Waals surface area contributed by atoms with E-state index in [4.69, 9.17) is 4.74 Å². The molecule has 0 aliphatic carbocycles. The molecule has 0 unspecified atom stereocenters. The Morgan fingerprint density at radius 1 is 1.25 bits per heavy atom. The fraction of sp³-hybridized carbons (Fsp3) is 0.500. The van der Waals surface area contributed by atoms with Crippen LogP contribution in [0.15, 0.2) is 30.3 Å². The van der Waals surface area contributed by atoms with Gasteiger partial charge < -0.3 is 9.64 Å². The third kappa shape index (κ3) is 2.84. The van der Waals surface area contributed by atoms with Crippen molar-refractivity contribution in [2.24, 2.45) is 0 Å². The van der Waals surface area contributed by atoms with Gasteiger partial charge in [-0.3, -0.25) is 4.79 Å². The van der Waals surface area contributed by atoms with Gasteiger partial charge >= 0.3 is 5.97 Å². The number of rotatable bonds is 4. The van der Waals surface area contributed by atoms with E-state index in [0.29, 0.717) is 12.0 Å². The summed E-state index contributed by atoms with van der Waals surface area (Å²) in [6.45, 7) is 2.09. The first-order valence-corrected chi connectivity index (χ1v) is 7.14. The highest BCUT2D eigenvalue weighted by atomic mass is 16.5. The number of likely N-dealkylation sites (tertiary alicyclic amines) is 1. The third-order valence-corrected chi connectivity index (χ3v) is 3.85. The van der Waals surface area contributed by atoms with Gasteiger partial charge in [0.25, 0.3) is 5.91 Å². The number of esters is 1. The van der Waals surface area contributed by atoms with Gasteiger partial charge in [0.05, 0.1) is 7.11 Å². The summed E-state index contributed by atoms with van der Waals surface area (Å²) in [5.41, 5.74) is 0.629. The van der Waals surface area contributed by atoms with Crippen molar-refractivity contribution in [2.75, 3.05) is 7.11 Å². The van der Waals surface area contributed by atoms with Gasteiger partial charge in [0.2, 0.25) is 0 Å². The van der Waals surface area contributed by atoms with Crippen LogP contribution in [-0.2, 0) is 9.53 Å². The van der Waals surface area contributed by atoms with Gasteiger partial charge in [-0.1, -0.05) is 31.5 Å². The molecule has 1 aromatic rings. The van der Waals surface area contributed by atoms with Crippen molar-refractivity contribution >= 4 is 11.9 Å². The van der Waals surface area contributed by atoms with E-state index in [9.17, 15) is 9.59 Å². The second kappa shape index (κ2) is 6.55. The largest absolute Gasteiger partial charge is 0.467 e. The fourth-order valence-corrected chi connectivity index (χ4v) is 2.90. The highest BCUT2D eigenvalue weighted by molar-refractivity contribution is 5.97. The molecular weight excluding hydrogens is 254 g/mol. The molecule has 1 aliphatic heterocycles. The molecule has 4 nitrogen and oxygen atoms in total. The molecule has 0 radical (unpaired) electrons. The predicted octanol–water partition coefficient (Wildman–Crippen LogP) is 2.63. The molecule has 4 heteroatoms. The molecule has 108 valence electrons. The van der Waals surface area contributed by atoms with Gasteiger partial charge in [-0.15, -0.1) is 0 Å². The number of ether oxygens (including phenoxy) is 1. The van der Waals surface area contributed by atoms with Crippen LogP contribution < -0.4 is 0 Å². The Balaban J connectivity index is 2.26. The van der Waals surface area contributed by atoms with Gasteiger partial charge in [0.1, 0.15) is 6.04 Å². The molecule has 1 heterocycles. The van der Waals surface area contributed by atoms with Gasteiger partial charge in [-0.2, -0.15) is 0 Å². The fourth-order valence-electron chi connectivity index (χ4n) is 2.90. The first kappa shape index (κ1) is 14.6. The SMILES string of the molecule is CCC[C@@H]1CC[C@@H](C(=O)OC)N1C(=O)c1ccccc1. The molecule has 0 saturated carbocycles. The van der Waals surface area contributed by atoms with E-state index in [1.165, 1.54) is 7.11 Å². The summed E-state index contributed by atoms with van der Waals surface area (Å²) in [7, 11) is 1.38. The van der Waals surface area contributed by atoms with E-state index in [1.807, 2.05) is 18.2 Å². The van der Waals surface area contributed by atoms with Crippen LogP contribution in [0.5, 0.6) is 0 Å². The van der Waals surface area contributed by atoms with Crippen LogP contribution in [0.3, 0.4) is 0 Å². The van der Waals surface area contributed by atoms with Crippen molar-refractivity contribution in [3.8, 4) is 0 Å². The zero-order valence-corrected chi connectivity index (χ0v) is 12.0. The summed E-state index contributed by atoms with van der Waals surface area (Å²) in [5, 5.41) is 0. The lowest BCUT2D eigenvalue weighted by Crippen LogP contribution is -2.45. The van der Waals surface area contributed by atoms with Crippen LogP contribution >= 0.6 is 0 Å². The molecule has 1 amide bonds. The van der Waals surface area contributed by atoms with E-state index in [1.54, 1.807) is 17.0 Å². The maximum atomic E-state index is 12.7. The zero-order valence-electron chi connectivity index (χ0n) is 12.0. The topological polar surface area (TPSA) is 46.6 Å². The van der Waals surface area contributed by atoms with Gasteiger partial charge in [0, 0.05) is 11.6 Å². The molecular formula is C16H21NO3. The molecule has 20 heavy (non-hydrogen) atoms. The minimum atomic E-state index is -0.441. The molecule has 0 spiro atoms. The molecule has 0 N–H and O–H groups in total. The Morgan fingerprint density at radius 2 is 1.95 bits per heavy atom. The lowest BCUT2D eigenvalue weighted by Gasteiger charge is -2.29. The van der Waals surface area contributed by atoms with Crippen molar-refractivity contribution in [2.45, 2.75) is 44.7 Å². The van der Waals surface area contributed by atoms with E-state index in [-0.39, 0.29) is 17.9 Å². The normalized spacial score (nSPS) is 21.8. The molecule has 2 rings (SSSR count). The number of benzene rings is 1. The van der Waals surface area contributed by atoms with Crippen molar-refractivity contribution in [3.63, 3.8) is 0 Å². The van der Waals surface area contributed by atoms with Crippen molar-refractivity contribution < 1.29 is 14.3 Å². The standard InChI is InChI=1S/C16H21NO3/c1-3-7-13-10-11-14(16(19)20-2)17(13)15(18)12-8-5-4-6-9-12/h4-6,8-9,13-14H,3,7,10-11H2,1-2H3/t13-,14+/m1/s1. The maximum absolute atomic E-state index is 12.7. The number of methoxy groups -OCH3 is 1. The summed E-state index contributed by atoms with van der Waals surface area (Å²) in [4.78, 5) is 26.3. The summed E-state index contributed by atoms with van der Waals surface area (Å²) < 4.78 is 4.84. The number of hydrogen-bond donors (Lipinski definition) is 0. The Morgan fingerprint density at radius 3 is 2.55 bits per heavy atom. The molecule has 1 aliphatic rings. The van der Waals surface area contributed by atoms with E-state index < -0.39 is 6.04 Å². The quantitative estimate of drug-likeness (QED) is 0.794. The van der Waals surface area contributed by atoms with E-state index >= 15 is 0 Å². The lowest BCUT2D eigenvalue weighted by atomic mass is 10.1. The molecule has 1 saturated heterocycles. The lowest BCUT2D eigenvalue weighted by molar-refractivity contribution is -0.145. The van der Waals surface area contributed by atoms with Crippen LogP contribution in [0.4, 0.5) is 0 Å². The first-order chi connectivity index (χ1) is 9.69. The highest BCUT2D eigenvalue weighted by Crippen LogP contribution is 2.29. The average molecular weight is 275 g/mol. The maximum Gasteiger partial charge on any atom is 0.328 e. The zero-order chi connectivity index (χ0) is 14.5. The minimum Gasteiger partial charge on any atom is -0.467 e. The Bertz CT molecular complexity index is 472. The highest BCUT2D eigenvalue weighted by Gasteiger charge is 2.41. The Kier molecular flexibility index (Phi) is 4.77. The van der Waals surface area contributed by atoms with Crippen LogP contribution in [0.25, 0.3) is 0 Å². The number of amides is 1. The third-order valence-electron chi connectivity index (χ3n) is 3.85. The van der Waals surface area contributed by atoms with Crippen LogP contribution in [0.1, 0.15) is 43.0 Å². The van der Waals surface area contributed by atoms with Gasteiger partial charge in [-0.25, -0.2) is 4.79 Å². The van der Waals surface area contributed by atoms with E-state index in [0.717, 1.165) is 19.3 Å². The predicted molar refractivity (Wildman–Crippen MR) is 76.3 cm³/mol. The summed E-state index contributed by atoms with van der Waals surface area (Å²) in [6, 6.07) is 8.83. The second-order valence-electron chi connectivity index (χ2n) is 5.14. The van der Waals surface area contributed by atoms with E-state index in [2.05, 4.69) is 6.92 Å². The number of carbonyl (C=O) groups excluding carboxylic acids is 2. The number of nitrogens with zero attached hydrogens (tertiary/aromatic N) is 1. The van der Waals surface area contributed by atoms with Crippen molar-refractivity contribution in [1.29, 1.82) is 0 Å².